The van der Waals surface area contributed by atoms with Gasteiger partial charge in [-0.3, -0.25) is 0 Å². The molecule has 88 valence electrons. The highest BCUT2D eigenvalue weighted by atomic mass is 16.5. The minimum absolute atomic E-state index is 0.127. The van der Waals surface area contributed by atoms with Gasteiger partial charge in [0.25, 0.3) is 0 Å². The van der Waals surface area contributed by atoms with Gasteiger partial charge in [0.05, 0.1) is 11.3 Å². The van der Waals surface area contributed by atoms with Crippen LogP contribution in [0.3, 0.4) is 0 Å². The number of aromatic carboxylic acids is 1. The molecule has 0 aromatic carbocycles. The maximum atomic E-state index is 10.8. The second kappa shape index (κ2) is 5.03. The fourth-order valence-electron chi connectivity index (χ4n) is 1.51. The first kappa shape index (κ1) is 12.6. The predicted molar refractivity (Wildman–Crippen MR) is 58.3 cm³/mol. The Hall–Kier alpha value is -1.49. The van der Waals surface area contributed by atoms with Crippen LogP contribution in [0.25, 0.3) is 0 Å². The molecule has 5 nitrogen and oxygen atoms in total. The van der Waals surface area contributed by atoms with Crippen LogP contribution in [0.15, 0.2) is 6.20 Å². The topological polar surface area (TPSA) is 72.3 Å². The summed E-state index contributed by atoms with van der Waals surface area (Å²) in [7, 11) is 1.59. The first-order valence-electron chi connectivity index (χ1n) is 5.07. The Kier molecular flexibility index (Phi) is 3.95. The predicted octanol–water partition coefficient (Wildman–Crippen LogP) is 1.83. The number of carbonyl (C=O) groups is 1. The first-order chi connectivity index (χ1) is 7.47. The van der Waals surface area contributed by atoms with E-state index >= 15 is 0 Å². The van der Waals surface area contributed by atoms with Gasteiger partial charge >= 0.3 is 5.97 Å². The van der Waals surface area contributed by atoms with Crippen LogP contribution >= 0.6 is 0 Å². The summed E-state index contributed by atoms with van der Waals surface area (Å²) in [6.07, 6.45) is 1.12. The third kappa shape index (κ3) is 2.55. The standard InChI is InChI=1S/C11H16N2O3/c1-6(2)9(16-4)10-12-5-8(11(14)15)7(3)13-10/h5-6,9H,1-4H3,(H,14,15). The Morgan fingerprint density at radius 1 is 1.50 bits per heavy atom. The highest BCUT2D eigenvalue weighted by molar-refractivity contribution is 5.88. The van der Waals surface area contributed by atoms with Crippen molar-refractivity contribution in [3.05, 3.63) is 23.3 Å². The molecule has 0 spiro atoms. The van der Waals surface area contributed by atoms with Gasteiger partial charge < -0.3 is 9.84 Å². The number of carboxylic acid groups (broad SMARTS) is 1. The number of ether oxygens (including phenoxy) is 1. The van der Waals surface area contributed by atoms with Gasteiger partial charge in [-0.05, 0) is 12.8 Å². The molecular weight excluding hydrogens is 208 g/mol. The summed E-state index contributed by atoms with van der Waals surface area (Å²) >= 11 is 0. The van der Waals surface area contributed by atoms with Crippen LogP contribution in [0.2, 0.25) is 0 Å². The van der Waals surface area contributed by atoms with Crippen molar-refractivity contribution in [1.29, 1.82) is 0 Å². The van der Waals surface area contributed by atoms with Crippen molar-refractivity contribution in [1.82, 2.24) is 9.97 Å². The van der Waals surface area contributed by atoms with E-state index in [9.17, 15) is 4.79 Å². The van der Waals surface area contributed by atoms with Crippen LogP contribution in [0.4, 0.5) is 0 Å². The van der Waals surface area contributed by atoms with Crippen LogP contribution in [0.1, 0.15) is 41.8 Å². The van der Waals surface area contributed by atoms with E-state index in [-0.39, 0.29) is 17.6 Å². The summed E-state index contributed by atoms with van der Waals surface area (Å²) in [5, 5.41) is 8.85. The average molecular weight is 224 g/mol. The van der Waals surface area contributed by atoms with E-state index in [0.717, 1.165) is 0 Å². The summed E-state index contributed by atoms with van der Waals surface area (Å²) in [6.45, 7) is 5.65. The lowest BCUT2D eigenvalue weighted by Gasteiger charge is -2.18. The SMILES string of the molecule is COC(c1ncc(C(=O)O)c(C)n1)C(C)C. The van der Waals surface area contributed by atoms with E-state index in [1.807, 2.05) is 13.8 Å². The molecule has 1 aromatic heterocycles. The number of carboxylic acids is 1. The molecule has 0 bridgehead atoms. The Morgan fingerprint density at radius 3 is 2.50 bits per heavy atom. The van der Waals surface area contributed by atoms with Gasteiger partial charge in [-0.25, -0.2) is 14.8 Å². The molecule has 0 aliphatic carbocycles. The molecule has 0 radical (unpaired) electrons. The normalized spacial score (nSPS) is 12.8. The van der Waals surface area contributed by atoms with Crippen molar-refractivity contribution < 1.29 is 14.6 Å². The molecule has 0 amide bonds. The summed E-state index contributed by atoms with van der Waals surface area (Å²) in [5.74, 6) is -0.248. The highest BCUT2D eigenvalue weighted by Gasteiger charge is 2.19. The molecule has 0 fully saturated rings. The minimum Gasteiger partial charge on any atom is -0.478 e. The fourth-order valence-corrected chi connectivity index (χ4v) is 1.51. The highest BCUT2D eigenvalue weighted by Crippen LogP contribution is 2.22. The van der Waals surface area contributed by atoms with Gasteiger partial charge in [0.15, 0.2) is 5.82 Å². The van der Waals surface area contributed by atoms with Crippen LogP contribution in [-0.4, -0.2) is 28.2 Å². The van der Waals surface area contributed by atoms with Crippen molar-refractivity contribution in [2.24, 2.45) is 5.92 Å². The van der Waals surface area contributed by atoms with Crippen LogP contribution in [0, 0.1) is 12.8 Å². The molecule has 0 aliphatic heterocycles. The molecule has 0 aliphatic rings. The summed E-state index contributed by atoms with van der Waals surface area (Å²) in [6, 6.07) is 0. The number of methoxy groups -OCH3 is 1. The number of nitrogens with zero attached hydrogens (tertiary/aromatic N) is 2. The van der Waals surface area contributed by atoms with Crippen molar-refractivity contribution in [3.63, 3.8) is 0 Å². The molecule has 1 heterocycles. The number of aromatic nitrogens is 2. The third-order valence-corrected chi connectivity index (χ3v) is 2.34. The number of hydrogen-bond donors (Lipinski definition) is 1. The number of rotatable bonds is 4. The lowest BCUT2D eigenvalue weighted by Crippen LogP contribution is -2.15. The van der Waals surface area contributed by atoms with Gasteiger partial charge in [0.2, 0.25) is 0 Å². The summed E-state index contributed by atoms with van der Waals surface area (Å²) in [5.41, 5.74) is 0.586. The van der Waals surface area contributed by atoms with Gasteiger partial charge in [0.1, 0.15) is 6.10 Å². The average Bonchev–Trinajstić information content (AvgIpc) is 2.17. The Bertz CT molecular complexity index is 391. The van der Waals surface area contributed by atoms with E-state index in [4.69, 9.17) is 9.84 Å². The van der Waals surface area contributed by atoms with E-state index in [2.05, 4.69) is 9.97 Å². The molecule has 1 rings (SSSR count). The first-order valence-corrected chi connectivity index (χ1v) is 5.07. The number of aryl methyl sites for hydroxylation is 1. The second-order valence-corrected chi connectivity index (χ2v) is 3.93. The third-order valence-electron chi connectivity index (χ3n) is 2.34. The van der Waals surface area contributed by atoms with E-state index < -0.39 is 5.97 Å². The van der Waals surface area contributed by atoms with Gasteiger partial charge in [-0.2, -0.15) is 0 Å². The molecule has 0 saturated carbocycles. The van der Waals surface area contributed by atoms with Crippen LogP contribution < -0.4 is 0 Å². The van der Waals surface area contributed by atoms with E-state index in [1.165, 1.54) is 6.20 Å². The van der Waals surface area contributed by atoms with Crippen molar-refractivity contribution in [3.8, 4) is 0 Å². The van der Waals surface area contributed by atoms with Crippen LogP contribution in [0.5, 0.6) is 0 Å². The van der Waals surface area contributed by atoms with Gasteiger partial charge in [-0.15, -0.1) is 0 Å². The molecule has 5 heteroatoms. The maximum absolute atomic E-state index is 10.8. The Balaban J connectivity index is 3.09. The zero-order chi connectivity index (χ0) is 12.3. The minimum atomic E-state index is -1.01. The monoisotopic (exact) mass is 224 g/mol. The smallest absolute Gasteiger partial charge is 0.339 e. The quantitative estimate of drug-likeness (QED) is 0.844. The lowest BCUT2D eigenvalue weighted by atomic mass is 10.1. The molecule has 16 heavy (non-hydrogen) atoms. The van der Waals surface area contributed by atoms with E-state index in [1.54, 1.807) is 14.0 Å². The van der Waals surface area contributed by atoms with Crippen molar-refractivity contribution in [2.75, 3.05) is 7.11 Å². The molecule has 1 N–H and O–H groups in total. The summed E-state index contributed by atoms with van der Waals surface area (Å²) < 4.78 is 5.28. The zero-order valence-corrected chi connectivity index (χ0v) is 9.89. The molecule has 1 aromatic rings. The van der Waals surface area contributed by atoms with Gasteiger partial charge in [0, 0.05) is 13.3 Å². The zero-order valence-electron chi connectivity index (χ0n) is 9.89. The second-order valence-electron chi connectivity index (χ2n) is 3.93. The Morgan fingerprint density at radius 2 is 2.12 bits per heavy atom. The van der Waals surface area contributed by atoms with Gasteiger partial charge in [-0.1, -0.05) is 13.8 Å². The lowest BCUT2D eigenvalue weighted by molar-refractivity contribution is 0.0569. The van der Waals surface area contributed by atoms with E-state index in [0.29, 0.717) is 11.5 Å². The van der Waals surface area contributed by atoms with Crippen molar-refractivity contribution >= 4 is 5.97 Å². The fraction of sp³-hybridized carbons (Fsp3) is 0.545. The summed E-state index contributed by atoms with van der Waals surface area (Å²) in [4.78, 5) is 19.0. The largest absolute Gasteiger partial charge is 0.478 e. The molecule has 1 atom stereocenters. The maximum Gasteiger partial charge on any atom is 0.339 e. The molecule has 0 saturated heterocycles. The molecule has 1 unspecified atom stereocenters. The van der Waals surface area contributed by atoms with Crippen molar-refractivity contribution in [2.45, 2.75) is 26.9 Å². The number of hydrogen-bond acceptors (Lipinski definition) is 4. The molecular formula is C11H16N2O3. The van der Waals surface area contributed by atoms with Crippen LogP contribution in [-0.2, 0) is 4.74 Å². The Labute approximate surface area is 94.5 Å².